The van der Waals surface area contributed by atoms with Crippen molar-refractivity contribution in [3.8, 4) is 0 Å². The van der Waals surface area contributed by atoms with Gasteiger partial charge in [0.15, 0.2) is 0 Å². The molecule has 0 N–H and O–H groups in total. The van der Waals surface area contributed by atoms with Crippen LogP contribution in [0, 0.1) is 17.8 Å². The zero-order chi connectivity index (χ0) is 18.1. The lowest BCUT2D eigenvalue weighted by atomic mass is 9.69. The van der Waals surface area contributed by atoms with Crippen LogP contribution in [0.4, 0.5) is 0 Å². The van der Waals surface area contributed by atoms with Crippen molar-refractivity contribution in [1.82, 2.24) is 4.90 Å². The predicted octanol–water partition coefficient (Wildman–Crippen LogP) is 7.22. The van der Waals surface area contributed by atoms with Crippen molar-refractivity contribution in [1.29, 1.82) is 0 Å². The van der Waals surface area contributed by atoms with Gasteiger partial charge >= 0.3 is 0 Å². The van der Waals surface area contributed by atoms with Gasteiger partial charge in [-0.3, -0.25) is 4.90 Å². The Morgan fingerprint density at radius 3 is 1.96 bits per heavy atom. The quantitative estimate of drug-likeness (QED) is 0.298. The maximum Gasteiger partial charge on any atom is 0.0187 e. The van der Waals surface area contributed by atoms with Crippen LogP contribution in [0.5, 0.6) is 0 Å². The molecule has 0 radical (unpaired) electrons. The normalized spacial score (nSPS) is 30.6. The summed E-state index contributed by atoms with van der Waals surface area (Å²) in [5.74, 6) is 3.17. The molecule has 2 aliphatic carbocycles. The van der Waals surface area contributed by atoms with E-state index in [0.717, 1.165) is 30.3 Å². The monoisotopic (exact) mass is 347 g/mol. The van der Waals surface area contributed by atoms with Crippen LogP contribution < -0.4 is 0 Å². The zero-order valence-corrected chi connectivity index (χ0v) is 17.6. The number of likely N-dealkylation sites (N-methyl/N-ethyl adjacent to an activating group) is 1. The number of hydrogen-bond donors (Lipinski definition) is 0. The van der Waals surface area contributed by atoms with Crippen LogP contribution in [0.3, 0.4) is 0 Å². The molecule has 0 aromatic rings. The molecule has 0 saturated heterocycles. The minimum absolute atomic E-state index is 0.812. The summed E-state index contributed by atoms with van der Waals surface area (Å²) in [7, 11) is 2.30. The van der Waals surface area contributed by atoms with Gasteiger partial charge in [0.1, 0.15) is 0 Å². The first-order valence-electron chi connectivity index (χ1n) is 11.4. The van der Waals surface area contributed by atoms with Crippen LogP contribution in [-0.4, -0.2) is 24.5 Å². The molecule has 0 bridgehead atoms. The molecular formula is C24H45N. The average Bonchev–Trinajstić information content (AvgIpc) is 2.62. The Balaban J connectivity index is 1.59. The largest absolute Gasteiger partial charge is 0.300 e. The van der Waals surface area contributed by atoms with E-state index in [4.69, 9.17) is 0 Å². The van der Waals surface area contributed by atoms with Crippen molar-refractivity contribution in [2.75, 3.05) is 13.6 Å². The molecule has 0 spiro atoms. The van der Waals surface area contributed by atoms with E-state index in [0.29, 0.717) is 0 Å². The fourth-order valence-electron chi connectivity index (χ4n) is 5.55. The Labute approximate surface area is 158 Å². The van der Waals surface area contributed by atoms with Crippen molar-refractivity contribution in [3.05, 3.63) is 12.2 Å². The number of nitrogens with zero attached hydrogens (tertiary/aromatic N) is 1. The SMILES string of the molecule is C=C(C)CN(C)C1CCC(C2CCC(CCCCCCC)CC2)CC1. The second-order valence-corrected chi connectivity index (χ2v) is 9.42. The van der Waals surface area contributed by atoms with E-state index in [2.05, 4.69) is 32.4 Å². The molecule has 1 nitrogen and oxygen atoms in total. The Hall–Kier alpha value is -0.300. The molecule has 25 heavy (non-hydrogen) atoms. The third-order valence-corrected chi connectivity index (χ3v) is 7.16. The molecule has 0 aromatic carbocycles. The van der Waals surface area contributed by atoms with Crippen LogP contribution >= 0.6 is 0 Å². The lowest BCUT2D eigenvalue weighted by Gasteiger charge is -2.40. The topological polar surface area (TPSA) is 3.24 Å². The molecule has 0 aromatic heterocycles. The van der Waals surface area contributed by atoms with Crippen LogP contribution in [0.2, 0.25) is 0 Å². The van der Waals surface area contributed by atoms with Crippen molar-refractivity contribution in [3.63, 3.8) is 0 Å². The molecule has 0 heterocycles. The second-order valence-electron chi connectivity index (χ2n) is 9.42. The molecule has 0 atom stereocenters. The summed E-state index contributed by atoms with van der Waals surface area (Å²) in [5, 5.41) is 0. The standard InChI is InChI=1S/C24H45N/c1-5-6-7-8-9-10-21-11-13-22(14-12-21)23-15-17-24(18-16-23)25(4)19-20(2)3/h21-24H,2,5-19H2,1,3-4H3. The predicted molar refractivity (Wildman–Crippen MR) is 112 cm³/mol. The lowest BCUT2D eigenvalue weighted by Crippen LogP contribution is -2.37. The van der Waals surface area contributed by atoms with Gasteiger partial charge in [0, 0.05) is 12.6 Å². The molecule has 0 unspecified atom stereocenters. The molecule has 0 amide bonds. The van der Waals surface area contributed by atoms with Gasteiger partial charge in [0.2, 0.25) is 0 Å². The van der Waals surface area contributed by atoms with Crippen LogP contribution in [0.15, 0.2) is 12.2 Å². The van der Waals surface area contributed by atoms with Crippen LogP contribution in [-0.2, 0) is 0 Å². The third kappa shape index (κ3) is 7.45. The van der Waals surface area contributed by atoms with Gasteiger partial charge in [-0.1, -0.05) is 70.4 Å². The summed E-state index contributed by atoms with van der Waals surface area (Å²) in [6, 6.07) is 0.812. The summed E-state index contributed by atoms with van der Waals surface area (Å²) in [6.07, 6.45) is 20.7. The Kier molecular flexibility index (Phi) is 9.60. The Bertz CT molecular complexity index is 358. The van der Waals surface area contributed by atoms with Crippen molar-refractivity contribution >= 4 is 0 Å². The Morgan fingerprint density at radius 2 is 1.40 bits per heavy atom. The van der Waals surface area contributed by atoms with Gasteiger partial charge in [-0.25, -0.2) is 0 Å². The molecule has 2 aliphatic rings. The highest BCUT2D eigenvalue weighted by molar-refractivity contribution is 4.93. The van der Waals surface area contributed by atoms with Crippen LogP contribution in [0.25, 0.3) is 0 Å². The molecule has 146 valence electrons. The molecule has 0 aliphatic heterocycles. The van der Waals surface area contributed by atoms with E-state index in [1.165, 1.54) is 95.5 Å². The summed E-state index contributed by atoms with van der Waals surface area (Å²) < 4.78 is 0. The van der Waals surface area contributed by atoms with Gasteiger partial charge in [-0.2, -0.15) is 0 Å². The Morgan fingerprint density at radius 1 is 0.840 bits per heavy atom. The van der Waals surface area contributed by atoms with E-state index in [1.807, 2.05) is 0 Å². The summed E-state index contributed by atoms with van der Waals surface area (Å²) in [6.45, 7) is 9.63. The minimum atomic E-state index is 0.812. The highest BCUT2D eigenvalue weighted by atomic mass is 15.1. The first kappa shape index (κ1) is 21.0. The number of hydrogen-bond acceptors (Lipinski definition) is 1. The van der Waals surface area contributed by atoms with E-state index < -0.39 is 0 Å². The summed E-state index contributed by atoms with van der Waals surface area (Å²) in [5.41, 5.74) is 1.30. The first-order valence-corrected chi connectivity index (χ1v) is 11.4. The van der Waals surface area contributed by atoms with E-state index in [1.54, 1.807) is 0 Å². The maximum atomic E-state index is 4.08. The van der Waals surface area contributed by atoms with E-state index in [-0.39, 0.29) is 0 Å². The van der Waals surface area contributed by atoms with Gasteiger partial charge in [-0.15, -0.1) is 0 Å². The number of rotatable bonds is 10. The van der Waals surface area contributed by atoms with Crippen molar-refractivity contribution in [2.24, 2.45) is 17.8 Å². The summed E-state index contributed by atoms with van der Waals surface area (Å²) >= 11 is 0. The molecule has 1 heteroatoms. The summed E-state index contributed by atoms with van der Waals surface area (Å²) in [4.78, 5) is 2.55. The number of unbranched alkanes of at least 4 members (excludes halogenated alkanes) is 4. The highest BCUT2D eigenvalue weighted by Crippen LogP contribution is 2.41. The smallest absolute Gasteiger partial charge is 0.0187 e. The average molecular weight is 348 g/mol. The molecular weight excluding hydrogens is 302 g/mol. The first-order chi connectivity index (χ1) is 12.1. The third-order valence-electron chi connectivity index (χ3n) is 7.16. The lowest BCUT2D eigenvalue weighted by molar-refractivity contribution is 0.116. The van der Waals surface area contributed by atoms with E-state index in [9.17, 15) is 0 Å². The van der Waals surface area contributed by atoms with E-state index >= 15 is 0 Å². The van der Waals surface area contributed by atoms with Gasteiger partial charge in [-0.05, 0) is 70.3 Å². The molecule has 2 fully saturated rings. The minimum Gasteiger partial charge on any atom is -0.300 e. The molecule has 2 saturated carbocycles. The highest BCUT2D eigenvalue weighted by Gasteiger charge is 2.31. The fraction of sp³-hybridized carbons (Fsp3) is 0.917. The van der Waals surface area contributed by atoms with Gasteiger partial charge < -0.3 is 0 Å². The van der Waals surface area contributed by atoms with Crippen LogP contribution in [0.1, 0.15) is 104 Å². The van der Waals surface area contributed by atoms with Crippen molar-refractivity contribution in [2.45, 2.75) is 110 Å². The zero-order valence-electron chi connectivity index (χ0n) is 17.6. The van der Waals surface area contributed by atoms with Gasteiger partial charge in [0.25, 0.3) is 0 Å². The van der Waals surface area contributed by atoms with Gasteiger partial charge in [0.05, 0.1) is 0 Å². The fourth-order valence-corrected chi connectivity index (χ4v) is 5.55. The second kappa shape index (κ2) is 11.4. The maximum absolute atomic E-state index is 4.08. The van der Waals surface area contributed by atoms with Crippen molar-refractivity contribution < 1.29 is 0 Å². The molecule has 2 rings (SSSR count).